The molecule has 0 aliphatic heterocycles. The van der Waals surface area contributed by atoms with Gasteiger partial charge < -0.3 is 4.74 Å². The van der Waals surface area contributed by atoms with Crippen molar-refractivity contribution in [2.75, 3.05) is 0 Å². The molecule has 0 saturated heterocycles. The van der Waals surface area contributed by atoms with Crippen LogP contribution in [0.15, 0.2) is 48.7 Å². The molecule has 0 N–H and O–H groups in total. The molecule has 0 bridgehead atoms. The summed E-state index contributed by atoms with van der Waals surface area (Å²) < 4.78 is 7.41. The predicted octanol–water partition coefficient (Wildman–Crippen LogP) is 2.18. The van der Waals surface area contributed by atoms with Crippen molar-refractivity contribution in [3.8, 4) is 12.1 Å². The molecule has 0 radical (unpaired) electrons. The molecule has 92 valence electrons. The normalized spacial score (nSPS) is 10.3. The van der Waals surface area contributed by atoms with Gasteiger partial charge in [-0.1, -0.05) is 23.3 Å². The fraction of sp³-hybridized carbons (Fsp3) is 0.0714. The molecule has 5 heteroatoms. The van der Waals surface area contributed by atoms with Crippen LogP contribution in [0.4, 0.5) is 0 Å². The molecule has 3 aromatic rings. The number of rotatable bonds is 3. The number of nitriles is 1. The first-order valence-corrected chi connectivity index (χ1v) is 5.78. The molecule has 0 aliphatic rings. The first kappa shape index (κ1) is 11.2. The lowest BCUT2D eigenvalue weighted by atomic mass is 10.2. The first-order valence-electron chi connectivity index (χ1n) is 5.78. The Labute approximate surface area is 109 Å². The minimum Gasteiger partial charge on any atom is -0.458 e. The number of hydrogen-bond acceptors (Lipinski definition) is 4. The van der Waals surface area contributed by atoms with Gasteiger partial charge in [0.15, 0.2) is 5.65 Å². The van der Waals surface area contributed by atoms with Gasteiger partial charge >= 0.3 is 6.01 Å². The van der Waals surface area contributed by atoms with E-state index in [9.17, 15) is 0 Å². The summed E-state index contributed by atoms with van der Waals surface area (Å²) in [4.78, 5) is 0. The summed E-state index contributed by atoms with van der Waals surface area (Å²) in [5.41, 5.74) is 2.36. The van der Waals surface area contributed by atoms with Crippen molar-refractivity contribution in [3.05, 3.63) is 59.8 Å². The van der Waals surface area contributed by atoms with Gasteiger partial charge in [0, 0.05) is 6.20 Å². The number of fused-ring (bicyclic) bond motifs is 1. The minimum absolute atomic E-state index is 0.390. The lowest BCUT2D eigenvalue weighted by Crippen LogP contribution is -1.99. The number of pyridine rings is 1. The SMILES string of the molecule is N#Cc1ccc(COc2nnc3ccccn23)cc1. The van der Waals surface area contributed by atoms with Crippen LogP contribution in [-0.4, -0.2) is 14.6 Å². The van der Waals surface area contributed by atoms with Crippen LogP contribution in [0.3, 0.4) is 0 Å². The van der Waals surface area contributed by atoms with Crippen LogP contribution >= 0.6 is 0 Å². The van der Waals surface area contributed by atoms with Crippen LogP contribution < -0.4 is 4.74 Å². The van der Waals surface area contributed by atoms with E-state index in [0.717, 1.165) is 11.2 Å². The van der Waals surface area contributed by atoms with Crippen LogP contribution in [-0.2, 0) is 6.61 Å². The van der Waals surface area contributed by atoms with Gasteiger partial charge in [0.05, 0.1) is 11.6 Å². The highest BCUT2D eigenvalue weighted by atomic mass is 16.5. The fourth-order valence-electron chi connectivity index (χ4n) is 1.74. The molecule has 0 amide bonds. The van der Waals surface area contributed by atoms with Gasteiger partial charge in [0.2, 0.25) is 0 Å². The van der Waals surface area contributed by atoms with E-state index in [1.165, 1.54) is 0 Å². The highest BCUT2D eigenvalue weighted by Crippen LogP contribution is 2.12. The Morgan fingerprint density at radius 1 is 1.11 bits per heavy atom. The second-order valence-corrected chi connectivity index (χ2v) is 4.01. The number of nitrogens with zero attached hydrogens (tertiary/aromatic N) is 4. The highest BCUT2D eigenvalue weighted by molar-refractivity contribution is 5.38. The summed E-state index contributed by atoms with van der Waals surface area (Å²) in [7, 11) is 0. The van der Waals surface area contributed by atoms with E-state index in [-0.39, 0.29) is 0 Å². The summed E-state index contributed by atoms with van der Waals surface area (Å²) in [6.45, 7) is 0.390. The van der Waals surface area contributed by atoms with Gasteiger partial charge in [-0.3, -0.25) is 4.40 Å². The molecule has 0 spiro atoms. The average molecular weight is 250 g/mol. The summed E-state index contributed by atoms with van der Waals surface area (Å²) in [5.74, 6) is 0. The zero-order chi connectivity index (χ0) is 13.1. The van der Waals surface area contributed by atoms with E-state index in [1.807, 2.05) is 36.5 Å². The highest BCUT2D eigenvalue weighted by Gasteiger charge is 2.05. The Balaban J connectivity index is 1.77. The molecule has 0 saturated carbocycles. The van der Waals surface area contributed by atoms with Crippen LogP contribution in [0.1, 0.15) is 11.1 Å². The summed E-state index contributed by atoms with van der Waals surface area (Å²) >= 11 is 0. The maximum Gasteiger partial charge on any atom is 0.321 e. The summed E-state index contributed by atoms with van der Waals surface area (Å²) in [6.07, 6.45) is 1.85. The molecule has 2 heterocycles. The van der Waals surface area contributed by atoms with E-state index in [1.54, 1.807) is 16.5 Å². The maximum absolute atomic E-state index is 8.72. The maximum atomic E-state index is 8.72. The smallest absolute Gasteiger partial charge is 0.321 e. The molecule has 5 nitrogen and oxygen atoms in total. The Hall–Kier alpha value is -2.87. The Morgan fingerprint density at radius 2 is 1.95 bits per heavy atom. The monoisotopic (exact) mass is 250 g/mol. The summed E-state index contributed by atoms with van der Waals surface area (Å²) in [6, 6.07) is 15.4. The van der Waals surface area contributed by atoms with E-state index in [0.29, 0.717) is 18.2 Å². The van der Waals surface area contributed by atoms with Crippen molar-refractivity contribution < 1.29 is 4.74 Å². The molecule has 0 aliphatic carbocycles. The van der Waals surface area contributed by atoms with Crippen molar-refractivity contribution in [3.63, 3.8) is 0 Å². The van der Waals surface area contributed by atoms with Gasteiger partial charge in [0.1, 0.15) is 6.61 Å². The predicted molar refractivity (Wildman–Crippen MR) is 68.5 cm³/mol. The largest absolute Gasteiger partial charge is 0.458 e. The molecule has 2 aromatic heterocycles. The fourth-order valence-corrected chi connectivity index (χ4v) is 1.74. The van der Waals surface area contributed by atoms with Crippen LogP contribution in [0.2, 0.25) is 0 Å². The van der Waals surface area contributed by atoms with Crippen molar-refractivity contribution >= 4 is 5.65 Å². The van der Waals surface area contributed by atoms with Crippen LogP contribution in [0.25, 0.3) is 5.65 Å². The summed E-state index contributed by atoms with van der Waals surface area (Å²) in [5, 5.41) is 16.7. The number of aromatic nitrogens is 3. The first-order chi connectivity index (χ1) is 9.36. The van der Waals surface area contributed by atoms with E-state index < -0.39 is 0 Å². The molecule has 0 unspecified atom stereocenters. The molecule has 0 atom stereocenters. The quantitative estimate of drug-likeness (QED) is 0.714. The molecule has 3 rings (SSSR count). The molecule has 19 heavy (non-hydrogen) atoms. The Morgan fingerprint density at radius 3 is 2.74 bits per heavy atom. The van der Waals surface area contributed by atoms with Crippen molar-refractivity contribution in [2.45, 2.75) is 6.61 Å². The van der Waals surface area contributed by atoms with Gasteiger partial charge in [-0.25, -0.2) is 0 Å². The molecule has 1 aromatic carbocycles. The lowest BCUT2D eigenvalue weighted by molar-refractivity contribution is 0.277. The average Bonchev–Trinajstić information content (AvgIpc) is 2.89. The third-order valence-corrected chi connectivity index (χ3v) is 2.73. The standard InChI is InChI=1S/C14H10N4O/c15-9-11-4-6-12(7-5-11)10-19-14-17-16-13-3-1-2-8-18(13)14/h1-8H,10H2. The second kappa shape index (κ2) is 4.78. The van der Waals surface area contributed by atoms with Crippen molar-refractivity contribution in [1.82, 2.24) is 14.6 Å². The minimum atomic E-state index is 0.390. The topological polar surface area (TPSA) is 63.2 Å². The number of ether oxygens (including phenoxy) is 1. The van der Waals surface area contributed by atoms with Crippen LogP contribution in [0.5, 0.6) is 6.01 Å². The van der Waals surface area contributed by atoms with E-state index in [4.69, 9.17) is 10.00 Å². The third kappa shape index (κ3) is 2.24. The van der Waals surface area contributed by atoms with E-state index in [2.05, 4.69) is 16.3 Å². The van der Waals surface area contributed by atoms with Gasteiger partial charge in [-0.2, -0.15) is 5.26 Å². The van der Waals surface area contributed by atoms with Gasteiger partial charge in [-0.05, 0) is 29.8 Å². The van der Waals surface area contributed by atoms with Gasteiger partial charge in [-0.15, -0.1) is 5.10 Å². The number of benzene rings is 1. The van der Waals surface area contributed by atoms with E-state index >= 15 is 0 Å². The van der Waals surface area contributed by atoms with Gasteiger partial charge in [0.25, 0.3) is 0 Å². The lowest BCUT2D eigenvalue weighted by Gasteiger charge is -2.03. The van der Waals surface area contributed by atoms with Crippen molar-refractivity contribution in [1.29, 1.82) is 5.26 Å². The zero-order valence-electron chi connectivity index (χ0n) is 10.0. The Kier molecular flexibility index (Phi) is 2.83. The Bertz CT molecular complexity index is 740. The third-order valence-electron chi connectivity index (χ3n) is 2.73. The number of hydrogen-bond donors (Lipinski definition) is 0. The molecule has 0 fully saturated rings. The second-order valence-electron chi connectivity index (χ2n) is 4.01. The van der Waals surface area contributed by atoms with Crippen molar-refractivity contribution in [2.24, 2.45) is 0 Å². The molecular weight excluding hydrogens is 240 g/mol. The molecular formula is C14H10N4O. The van der Waals surface area contributed by atoms with Crippen LogP contribution in [0, 0.1) is 11.3 Å². The zero-order valence-corrected chi connectivity index (χ0v) is 10.0.